The number of thiophene rings is 1. The van der Waals surface area contributed by atoms with Crippen molar-refractivity contribution in [3.05, 3.63) is 21.7 Å². The lowest BCUT2D eigenvalue weighted by Gasteiger charge is -2.28. The van der Waals surface area contributed by atoms with E-state index in [4.69, 9.17) is 0 Å². The Morgan fingerprint density at radius 1 is 1.46 bits per heavy atom. The predicted octanol–water partition coefficient (Wildman–Crippen LogP) is 3.75. The number of nitrogens with zero attached hydrogens (tertiary/aromatic N) is 3. The quantitative estimate of drug-likeness (QED) is 0.837. The van der Waals surface area contributed by atoms with Crippen LogP contribution in [0, 0.1) is 5.92 Å². The lowest BCUT2D eigenvalue weighted by molar-refractivity contribution is -0.159. The molecule has 0 atom stereocenters. The fraction of sp³-hybridized carbons (Fsp3) is 0.533. The summed E-state index contributed by atoms with van der Waals surface area (Å²) < 4.78 is 42.2. The average Bonchev–Trinajstić information content (AvgIpc) is 3.11. The van der Waals surface area contributed by atoms with Crippen LogP contribution >= 0.6 is 11.3 Å². The zero-order valence-electron chi connectivity index (χ0n) is 13.2. The number of hydrogen-bond donors (Lipinski definition) is 0. The van der Waals surface area contributed by atoms with Crippen LogP contribution < -0.4 is 0 Å². The number of rotatable bonds is 3. The van der Waals surface area contributed by atoms with Crippen molar-refractivity contribution in [3.8, 4) is 11.4 Å². The van der Waals surface area contributed by atoms with E-state index >= 15 is 0 Å². The fourth-order valence-corrected chi connectivity index (χ4v) is 3.67. The summed E-state index contributed by atoms with van der Waals surface area (Å²) >= 11 is 1.45. The predicted molar refractivity (Wildman–Crippen MR) is 81.2 cm³/mol. The van der Waals surface area contributed by atoms with Crippen LogP contribution in [0.25, 0.3) is 11.4 Å². The minimum Gasteiger partial charge on any atom is -0.338 e. The van der Waals surface area contributed by atoms with Crippen molar-refractivity contribution >= 4 is 17.2 Å². The van der Waals surface area contributed by atoms with Gasteiger partial charge >= 0.3 is 12.1 Å². The molecule has 0 fully saturated rings. The van der Waals surface area contributed by atoms with E-state index in [-0.39, 0.29) is 17.6 Å². The normalized spacial score (nSPS) is 15.0. The zero-order chi connectivity index (χ0) is 17.5. The maximum absolute atomic E-state index is 12.6. The van der Waals surface area contributed by atoms with Gasteiger partial charge in [0.2, 0.25) is 11.7 Å². The van der Waals surface area contributed by atoms with Gasteiger partial charge in [-0.2, -0.15) is 18.2 Å². The lowest BCUT2D eigenvalue weighted by Crippen LogP contribution is -2.36. The Labute approximate surface area is 140 Å². The van der Waals surface area contributed by atoms with Gasteiger partial charge < -0.3 is 9.42 Å². The van der Waals surface area contributed by atoms with Crippen LogP contribution in [0.3, 0.4) is 0 Å². The molecular formula is C15H16F3N3O2S. The molecule has 24 heavy (non-hydrogen) atoms. The monoisotopic (exact) mass is 359 g/mol. The van der Waals surface area contributed by atoms with E-state index in [9.17, 15) is 18.0 Å². The summed E-state index contributed by atoms with van der Waals surface area (Å²) in [4.78, 5) is 18.5. The molecule has 1 aliphatic heterocycles. The van der Waals surface area contributed by atoms with Gasteiger partial charge in [0.05, 0.1) is 0 Å². The molecule has 3 rings (SSSR count). The Hall–Kier alpha value is -1.90. The van der Waals surface area contributed by atoms with E-state index in [1.165, 1.54) is 11.3 Å². The molecule has 1 aliphatic rings. The molecule has 0 aromatic carbocycles. The number of halogens is 3. The van der Waals surface area contributed by atoms with Crippen LogP contribution in [-0.2, 0) is 23.9 Å². The van der Waals surface area contributed by atoms with Crippen molar-refractivity contribution in [2.45, 2.75) is 39.4 Å². The first-order valence-corrected chi connectivity index (χ1v) is 8.42. The van der Waals surface area contributed by atoms with Crippen molar-refractivity contribution in [2.24, 2.45) is 5.92 Å². The highest BCUT2D eigenvalue weighted by Gasteiger charge is 2.39. The topological polar surface area (TPSA) is 59.2 Å². The van der Waals surface area contributed by atoms with E-state index in [1.54, 1.807) is 10.3 Å². The SMILES string of the molecule is CC(C)CC(=O)N1CCc2scc(-c3noc(C(F)(F)F)n3)c2C1. The molecule has 0 spiro atoms. The van der Waals surface area contributed by atoms with Crippen LogP contribution in [0.1, 0.15) is 36.6 Å². The molecule has 0 unspecified atom stereocenters. The van der Waals surface area contributed by atoms with E-state index < -0.39 is 12.1 Å². The third-order valence-corrected chi connectivity index (χ3v) is 4.87. The summed E-state index contributed by atoms with van der Waals surface area (Å²) in [5.41, 5.74) is 1.33. The van der Waals surface area contributed by atoms with Crippen LogP contribution in [-0.4, -0.2) is 27.5 Å². The molecule has 0 saturated carbocycles. The molecule has 0 N–H and O–H groups in total. The molecule has 0 bridgehead atoms. The van der Waals surface area contributed by atoms with E-state index in [2.05, 4.69) is 14.7 Å². The molecule has 1 amide bonds. The van der Waals surface area contributed by atoms with Gasteiger partial charge in [0, 0.05) is 35.3 Å². The first kappa shape index (κ1) is 16.9. The third-order valence-electron chi connectivity index (χ3n) is 3.78. The van der Waals surface area contributed by atoms with Crippen molar-refractivity contribution in [2.75, 3.05) is 6.54 Å². The number of fused-ring (bicyclic) bond motifs is 1. The maximum Gasteiger partial charge on any atom is 0.471 e. The summed E-state index contributed by atoms with van der Waals surface area (Å²) in [7, 11) is 0. The molecule has 5 nitrogen and oxygen atoms in total. The Kier molecular flexibility index (Phi) is 4.37. The molecule has 2 aromatic heterocycles. The first-order chi connectivity index (χ1) is 11.3. The number of amides is 1. The number of alkyl halides is 3. The third kappa shape index (κ3) is 3.31. The van der Waals surface area contributed by atoms with Crippen molar-refractivity contribution in [1.82, 2.24) is 15.0 Å². The molecule has 3 heterocycles. The summed E-state index contributed by atoms with van der Waals surface area (Å²) in [5.74, 6) is -1.14. The Morgan fingerprint density at radius 3 is 2.83 bits per heavy atom. The maximum atomic E-state index is 12.6. The minimum atomic E-state index is -4.67. The molecule has 130 valence electrons. The molecule has 2 aromatic rings. The van der Waals surface area contributed by atoms with Gasteiger partial charge in [-0.3, -0.25) is 4.79 Å². The number of aromatic nitrogens is 2. The Balaban J connectivity index is 1.86. The highest BCUT2D eigenvalue weighted by Crippen LogP contribution is 2.36. The number of carbonyl (C=O) groups is 1. The highest BCUT2D eigenvalue weighted by molar-refractivity contribution is 7.10. The second-order valence-corrected chi connectivity index (χ2v) is 7.10. The largest absolute Gasteiger partial charge is 0.471 e. The van der Waals surface area contributed by atoms with Gasteiger partial charge in [-0.15, -0.1) is 11.3 Å². The van der Waals surface area contributed by atoms with Gasteiger partial charge in [0.1, 0.15) is 0 Å². The molecule has 0 aliphatic carbocycles. The van der Waals surface area contributed by atoms with Crippen molar-refractivity contribution in [3.63, 3.8) is 0 Å². The smallest absolute Gasteiger partial charge is 0.338 e. The Morgan fingerprint density at radius 2 is 2.21 bits per heavy atom. The lowest BCUT2D eigenvalue weighted by atomic mass is 10.0. The fourth-order valence-electron chi connectivity index (χ4n) is 2.64. The second-order valence-electron chi connectivity index (χ2n) is 6.14. The van der Waals surface area contributed by atoms with Crippen LogP contribution in [0.5, 0.6) is 0 Å². The van der Waals surface area contributed by atoms with Gasteiger partial charge in [-0.25, -0.2) is 0 Å². The number of hydrogen-bond acceptors (Lipinski definition) is 5. The Bertz CT molecular complexity index is 751. The standard InChI is InChI=1S/C15H16F3N3O2S/c1-8(2)5-12(22)21-4-3-11-9(6-21)10(7-24-11)13-19-14(23-20-13)15(16,17)18/h7-8H,3-6H2,1-2H3. The highest BCUT2D eigenvalue weighted by atomic mass is 32.1. The summed E-state index contributed by atoms with van der Waals surface area (Å²) in [5, 5.41) is 5.18. The van der Waals surface area contributed by atoms with Gasteiger partial charge in [-0.05, 0) is 17.9 Å². The minimum absolute atomic E-state index is 0.0527. The van der Waals surface area contributed by atoms with Gasteiger partial charge in [0.25, 0.3) is 0 Å². The molecule has 0 radical (unpaired) electrons. The van der Waals surface area contributed by atoms with Crippen molar-refractivity contribution in [1.29, 1.82) is 0 Å². The first-order valence-electron chi connectivity index (χ1n) is 7.54. The van der Waals surface area contributed by atoms with Gasteiger partial charge in [-0.1, -0.05) is 19.0 Å². The van der Waals surface area contributed by atoms with Crippen LogP contribution in [0.4, 0.5) is 13.2 Å². The van der Waals surface area contributed by atoms with E-state index in [0.29, 0.717) is 31.5 Å². The summed E-state index contributed by atoms with van der Waals surface area (Å²) in [6.07, 6.45) is -3.52. The molecule has 9 heteroatoms. The summed E-state index contributed by atoms with van der Waals surface area (Å²) in [6, 6.07) is 0. The number of carbonyl (C=O) groups excluding carboxylic acids is 1. The van der Waals surface area contributed by atoms with Crippen molar-refractivity contribution < 1.29 is 22.5 Å². The molecular weight excluding hydrogens is 343 g/mol. The van der Waals surface area contributed by atoms with E-state index in [1.807, 2.05) is 13.8 Å². The van der Waals surface area contributed by atoms with E-state index in [0.717, 1.165) is 10.4 Å². The average molecular weight is 359 g/mol. The van der Waals surface area contributed by atoms with Crippen LogP contribution in [0.15, 0.2) is 9.90 Å². The second kappa shape index (κ2) is 6.19. The molecule has 0 saturated heterocycles. The van der Waals surface area contributed by atoms with Gasteiger partial charge in [0.15, 0.2) is 0 Å². The zero-order valence-corrected chi connectivity index (χ0v) is 14.0. The summed E-state index contributed by atoms with van der Waals surface area (Å²) in [6.45, 7) is 4.94. The van der Waals surface area contributed by atoms with Crippen LogP contribution in [0.2, 0.25) is 0 Å².